The van der Waals surface area contributed by atoms with Gasteiger partial charge in [0.25, 0.3) is 0 Å². The van der Waals surface area contributed by atoms with Crippen LogP contribution in [0.4, 0.5) is 23.4 Å². The molecule has 0 bridgehead atoms. The molecule has 1 fully saturated rings. The van der Waals surface area contributed by atoms with Crippen molar-refractivity contribution in [2.45, 2.75) is 46.3 Å². The fourth-order valence-corrected chi connectivity index (χ4v) is 3.49. The molecule has 0 amide bonds. The smallest absolute Gasteiger partial charge is 0.436 e. The molecule has 0 unspecified atom stereocenters. The van der Waals surface area contributed by atoms with Crippen molar-refractivity contribution in [1.29, 1.82) is 0 Å². The van der Waals surface area contributed by atoms with Gasteiger partial charge in [0, 0.05) is 26.1 Å². The lowest BCUT2D eigenvalue weighted by atomic mass is 10.3. The summed E-state index contributed by atoms with van der Waals surface area (Å²) in [5.74, 6) is -0.654. The summed E-state index contributed by atoms with van der Waals surface area (Å²) < 4.78 is 53.9. The van der Waals surface area contributed by atoms with E-state index in [9.17, 15) is 22.4 Å². The number of aldehydes is 1. The van der Waals surface area contributed by atoms with Crippen LogP contribution in [0, 0.1) is 19.7 Å². The zero-order valence-electron chi connectivity index (χ0n) is 22.0. The van der Waals surface area contributed by atoms with Gasteiger partial charge >= 0.3 is 6.18 Å². The lowest BCUT2D eigenvalue weighted by Gasteiger charge is -2.17. The predicted molar refractivity (Wildman–Crippen MR) is 137 cm³/mol. The van der Waals surface area contributed by atoms with Gasteiger partial charge in [-0.25, -0.2) is 18.9 Å². The summed E-state index contributed by atoms with van der Waals surface area (Å²) in [6.07, 6.45) is -1.61. The Balaban J connectivity index is 0.000000211. The first-order chi connectivity index (χ1) is 18.1. The first-order valence-electron chi connectivity index (χ1n) is 12.1. The Labute approximate surface area is 218 Å². The van der Waals surface area contributed by atoms with Crippen LogP contribution < -0.4 is 10.2 Å². The highest BCUT2D eigenvalue weighted by atomic mass is 19.4. The number of rotatable bonds is 3. The highest BCUT2D eigenvalue weighted by molar-refractivity contribution is 5.73. The number of anilines is 1. The van der Waals surface area contributed by atoms with Crippen LogP contribution in [0.5, 0.6) is 0 Å². The van der Waals surface area contributed by atoms with Crippen molar-refractivity contribution in [3.05, 3.63) is 77.5 Å². The van der Waals surface area contributed by atoms with Crippen LogP contribution in [0.15, 0.2) is 53.1 Å². The number of benzene rings is 1. The first-order valence-corrected chi connectivity index (χ1v) is 12.1. The summed E-state index contributed by atoms with van der Waals surface area (Å²) >= 11 is 0. The van der Waals surface area contributed by atoms with Crippen LogP contribution in [0.3, 0.4) is 0 Å². The molecule has 4 aromatic rings. The summed E-state index contributed by atoms with van der Waals surface area (Å²) in [4.78, 5) is 19.9. The number of nitrogens with zero attached hydrogens (tertiary/aromatic N) is 5. The molecule has 206 valence electrons. The second-order valence-electron chi connectivity index (χ2n) is 7.94. The van der Waals surface area contributed by atoms with E-state index in [-0.39, 0.29) is 18.0 Å². The minimum absolute atomic E-state index is 0.0132. The van der Waals surface area contributed by atoms with Crippen LogP contribution in [-0.2, 0) is 6.18 Å². The summed E-state index contributed by atoms with van der Waals surface area (Å²) in [6.45, 7) is 9.36. The molecule has 1 saturated heterocycles. The molecule has 1 aliphatic heterocycles. The van der Waals surface area contributed by atoms with Crippen LogP contribution in [0.25, 0.3) is 5.65 Å². The van der Waals surface area contributed by atoms with E-state index < -0.39 is 17.6 Å². The number of halogens is 4. The minimum Gasteiger partial charge on any atom is -0.436 e. The fraction of sp³-hybridized carbons (Fsp3) is 0.385. The molecule has 0 spiro atoms. The number of oxazole rings is 1. The fourth-order valence-electron chi connectivity index (χ4n) is 3.49. The molecule has 1 atom stereocenters. The standard InChI is InChI=1S/C12H17N5.C6H4F3NO2.C6H5F.C2H6/c1-9-7-14-11-3-4-12(15-17(9)11)16-6-5-10(8-16)13-2;1-3-10-4(2-11)5(12-3)6(7,8)9;7-6-4-2-1-3-5-6;1-2/h3-4,7,10,13H,5-6,8H2,1-2H3;2H,1H3;1-5H;1-2H3/t10-;;;/m0.../s1. The van der Waals surface area contributed by atoms with E-state index in [1.807, 2.05) is 44.6 Å². The molecular formula is C26H32F4N6O2. The second kappa shape index (κ2) is 14.2. The molecule has 38 heavy (non-hydrogen) atoms. The lowest BCUT2D eigenvalue weighted by molar-refractivity contribution is -0.153. The number of hydrogen-bond acceptors (Lipinski definition) is 7. The number of likely N-dealkylation sites (N-methyl/N-ethyl adjacent to an activating group) is 1. The lowest BCUT2D eigenvalue weighted by Crippen LogP contribution is -2.30. The molecule has 12 heteroatoms. The summed E-state index contributed by atoms with van der Waals surface area (Å²) in [6, 6.07) is 12.6. The highest BCUT2D eigenvalue weighted by Gasteiger charge is 2.39. The average molecular weight is 537 g/mol. The molecule has 1 aliphatic rings. The third kappa shape index (κ3) is 8.37. The molecule has 0 radical (unpaired) electrons. The number of alkyl halides is 3. The van der Waals surface area contributed by atoms with Crippen molar-refractivity contribution >= 4 is 17.8 Å². The number of nitrogens with one attached hydrogen (secondary N) is 1. The van der Waals surface area contributed by atoms with Gasteiger partial charge < -0.3 is 14.6 Å². The van der Waals surface area contributed by atoms with Crippen molar-refractivity contribution < 1.29 is 26.8 Å². The van der Waals surface area contributed by atoms with E-state index in [1.165, 1.54) is 25.5 Å². The predicted octanol–water partition coefficient (Wildman–Crippen LogP) is 5.50. The van der Waals surface area contributed by atoms with Crippen LogP contribution in [-0.4, -0.2) is 52.0 Å². The van der Waals surface area contributed by atoms with E-state index >= 15 is 0 Å². The molecular weight excluding hydrogens is 504 g/mol. The Hall–Kier alpha value is -3.80. The monoisotopic (exact) mass is 536 g/mol. The van der Waals surface area contributed by atoms with Crippen molar-refractivity contribution in [1.82, 2.24) is 24.9 Å². The van der Waals surface area contributed by atoms with Crippen molar-refractivity contribution in [2.75, 3.05) is 25.0 Å². The van der Waals surface area contributed by atoms with Crippen molar-refractivity contribution in [3.8, 4) is 0 Å². The number of aromatic nitrogens is 4. The molecule has 4 heterocycles. The van der Waals surface area contributed by atoms with Gasteiger partial charge in [-0.05, 0) is 44.7 Å². The number of hydrogen-bond donors (Lipinski definition) is 1. The van der Waals surface area contributed by atoms with Crippen molar-refractivity contribution in [3.63, 3.8) is 0 Å². The minimum atomic E-state index is -4.66. The van der Waals surface area contributed by atoms with Crippen LogP contribution >= 0.6 is 0 Å². The quantitative estimate of drug-likeness (QED) is 0.273. The second-order valence-corrected chi connectivity index (χ2v) is 7.94. The van der Waals surface area contributed by atoms with Gasteiger partial charge in [0.1, 0.15) is 11.6 Å². The molecule has 8 nitrogen and oxygen atoms in total. The average Bonchev–Trinajstić information content (AvgIpc) is 3.64. The summed E-state index contributed by atoms with van der Waals surface area (Å²) in [5.41, 5.74) is 1.28. The number of carbonyl (C=O) groups is 1. The van der Waals surface area contributed by atoms with Gasteiger partial charge in [-0.2, -0.15) is 13.2 Å². The topological polar surface area (TPSA) is 88.6 Å². The molecule has 5 rings (SSSR count). The number of carbonyl (C=O) groups excluding carboxylic acids is 1. The SMILES string of the molecule is CC.CN[C@H]1CCN(c2ccc3ncc(C)n3n2)C1.Cc1nc(C=O)c(C(F)(F)F)o1.Fc1ccccc1. The van der Waals surface area contributed by atoms with Gasteiger partial charge in [0.05, 0.1) is 11.9 Å². The van der Waals surface area contributed by atoms with Gasteiger partial charge in [-0.3, -0.25) is 4.79 Å². The molecule has 3 aromatic heterocycles. The summed E-state index contributed by atoms with van der Waals surface area (Å²) in [7, 11) is 2.02. The van der Waals surface area contributed by atoms with Gasteiger partial charge in [-0.1, -0.05) is 32.0 Å². The Kier molecular flexibility index (Phi) is 11.4. The maximum absolute atomic E-state index is 12.0. The van der Waals surface area contributed by atoms with Gasteiger partial charge in [0.15, 0.2) is 23.5 Å². The molecule has 0 saturated carbocycles. The number of imidazole rings is 1. The highest BCUT2D eigenvalue weighted by Crippen LogP contribution is 2.31. The van der Waals surface area contributed by atoms with E-state index in [0.29, 0.717) is 6.04 Å². The Bertz CT molecular complexity index is 1270. The molecule has 1 aromatic carbocycles. The Morgan fingerprint density at radius 1 is 1.11 bits per heavy atom. The zero-order chi connectivity index (χ0) is 28.3. The zero-order valence-corrected chi connectivity index (χ0v) is 22.0. The molecule has 0 aliphatic carbocycles. The third-order valence-corrected chi connectivity index (χ3v) is 5.30. The maximum Gasteiger partial charge on any atom is 0.452 e. The van der Waals surface area contributed by atoms with E-state index in [1.54, 1.807) is 18.2 Å². The van der Waals surface area contributed by atoms with Crippen LogP contribution in [0.1, 0.15) is 48.1 Å². The van der Waals surface area contributed by atoms with Crippen LogP contribution in [0.2, 0.25) is 0 Å². The maximum atomic E-state index is 12.0. The van der Waals surface area contributed by atoms with Crippen molar-refractivity contribution in [2.24, 2.45) is 0 Å². The largest absolute Gasteiger partial charge is 0.452 e. The Morgan fingerprint density at radius 2 is 1.79 bits per heavy atom. The Morgan fingerprint density at radius 3 is 2.29 bits per heavy atom. The summed E-state index contributed by atoms with van der Waals surface area (Å²) in [5, 5.41) is 7.96. The number of fused-ring (bicyclic) bond motifs is 1. The number of aryl methyl sites for hydroxylation is 2. The first kappa shape index (κ1) is 30.4. The van der Waals surface area contributed by atoms with Gasteiger partial charge in [0.2, 0.25) is 5.76 Å². The normalized spacial score (nSPS) is 14.6. The molecule has 1 N–H and O–H groups in total. The van der Waals surface area contributed by atoms with E-state index in [0.717, 1.165) is 30.2 Å². The third-order valence-electron chi connectivity index (χ3n) is 5.30. The van der Waals surface area contributed by atoms with Gasteiger partial charge in [-0.15, -0.1) is 5.10 Å². The van der Waals surface area contributed by atoms with E-state index in [4.69, 9.17) is 0 Å². The van der Waals surface area contributed by atoms with E-state index in [2.05, 4.69) is 35.8 Å².